The number of hydrogen-bond donors (Lipinski definition) is 3. The largest absolute Gasteiger partial charge is 0.377 e. The Labute approximate surface area is 85.6 Å². The Kier molecular flexibility index (Phi) is 2.64. The maximum atomic E-state index is 9.86. The monoisotopic (exact) mass is 196 g/mol. The molecule has 0 amide bonds. The number of piperazine rings is 1. The van der Waals surface area contributed by atoms with Gasteiger partial charge in [-0.05, 0) is 33.1 Å². The van der Waals surface area contributed by atoms with Crippen molar-refractivity contribution in [2.45, 2.75) is 57.0 Å². The summed E-state index contributed by atoms with van der Waals surface area (Å²) in [7, 11) is 0. The molecule has 0 radical (unpaired) electrons. The molecule has 0 aromatic heterocycles. The van der Waals surface area contributed by atoms with E-state index >= 15 is 0 Å². The van der Waals surface area contributed by atoms with Crippen LogP contribution in [-0.2, 0) is 0 Å². The second-order valence-electron chi connectivity index (χ2n) is 4.93. The molecule has 1 aliphatic heterocycles. The van der Waals surface area contributed by atoms with E-state index in [0.717, 1.165) is 6.42 Å². The Hall–Kier alpha value is -0.380. The Morgan fingerprint density at radius 2 is 2.21 bits per heavy atom. The summed E-state index contributed by atoms with van der Waals surface area (Å²) in [4.78, 5) is 0. The summed E-state index contributed by atoms with van der Waals surface area (Å²) >= 11 is 0. The lowest BCUT2D eigenvalue weighted by molar-refractivity contribution is 0.00269. The molecular weight excluding hydrogens is 176 g/mol. The molecular formula is C11H20N2O. The third-order valence-corrected chi connectivity index (χ3v) is 3.25. The molecule has 2 aliphatic rings. The lowest BCUT2D eigenvalue weighted by atomic mass is 9.91. The third kappa shape index (κ3) is 1.85. The van der Waals surface area contributed by atoms with Gasteiger partial charge in [-0.2, -0.15) is 0 Å². The zero-order chi connectivity index (χ0) is 10.2. The molecule has 3 N–H and O–H groups in total. The molecule has 0 saturated carbocycles. The molecule has 2 rings (SSSR count). The highest BCUT2D eigenvalue weighted by Crippen LogP contribution is 2.22. The van der Waals surface area contributed by atoms with Gasteiger partial charge in [-0.15, -0.1) is 0 Å². The van der Waals surface area contributed by atoms with Crippen LogP contribution in [0.2, 0.25) is 0 Å². The normalized spacial score (nSPS) is 41.5. The number of nitrogens with one attached hydrogen (secondary N) is 2. The van der Waals surface area contributed by atoms with Crippen LogP contribution in [-0.4, -0.2) is 29.0 Å². The van der Waals surface area contributed by atoms with Gasteiger partial charge >= 0.3 is 0 Å². The van der Waals surface area contributed by atoms with E-state index in [1.165, 1.54) is 12.8 Å². The second kappa shape index (κ2) is 3.65. The van der Waals surface area contributed by atoms with Crippen molar-refractivity contribution in [3.63, 3.8) is 0 Å². The molecule has 3 unspecified atom stereocenters. The zero-order valence-corrected chi connectivity index (χ0v) is 8.96. The number of aliphatic hydroxyl groups is 1. The van der Waals surface area contributed by atoms with Crippen molar-refractivity contribution in [3.8, 4) is 0 Å². The topological polar surface area (TPSA) is 44.3 Å². The molecule has 0 aromatic rings. The van der Waals surface area contributed by atoms with E-state index in [2.05, 4.69) is 22.8 Å². The highest BCUT2D eigenvalue weighted by Gasteiger charge is 2.39. The summed E-state index contributed by atoms with van der Waals surface area (Å²) in [5.74, 6) is 0. The van der Waals surface area contributed by atoms with Crippen molar-refractivity contribution >= 4 is 0 Å². The van der Waals surface area contributed by atoms with Gasteiger partial charge in [0.05, 0.1) is 5.54 Å². The van der Waals surface area contributed by atoms with E-state index in [1.807, 2.05) is 13.8 Å². The van der Waals surface area contributed by atoms with E-state index in [0.29, 0.717) is 12.1 Å². The molecule has 0 bridgehead atoms. The molecule has 1 fully saturated rings. The quantitative estimate of drug-likeness (QED) is 0.501. The van der Waals surface area contributed by atoms with Crippen LogP contribution in [0.1, 0.15) is 33.1 Å². The van der Waals surface area contributed by atoms with Gasteiger partial charge in [-0.3, -0.25) is 5.32 Å². The minimum atomic E-state index is -0.466. The molecule has 1 aliphatic carbocycles. The number of rotatable bonds is 0. The fraction of sp³-hybridized carbons (Fsp3) is 0.818. The minimum absolute atomic E-state index is 0.223. The van der Waals surface area contributed by atoms with E-state index in [4.69, 9.17) is 0 Å². The van der Waals surface area contributed by atoms with Crippen LogP contribution in [0.5, 0.6) is 0 Å². The predicted octanol–water partition coefficient (Wildman–Crippen LogP) is 0.753. The number of allylic oxidation sites excluding steroid dienone is 1. The van der Waals surface area contributed by atoms with E-state index in [9.17, 15) is 5.11 Å². The summed E-state index contributed by atoms with van der Waals surface area (Å²) in [6, 6.07) is 0.757. The van der Waals surface area contributed by atoms with Crippen LogP contribution < -0.4 is 10.6 Å². The molecule has 3 nitrogen and oxygen atoms in total. The third-order valence-electron chi connectivity index (χ3n) is 3.25. The smallest absolute Gasteiger partial charge is 0.123 e. The van der Waals surface area contributed by atoms with Crippen molar-refractivity contribution < 1.29 is 5.11 Å². The van der Waals surface area contributed by atoms with Gasteiger partial charge in [-0.25, -0.2) is 0 Å². The van der Waals surface area contributed by atoms with Crippen molar-refractivity contribution in [1.29, 1.82) is 0 Å². The van der Waals surface area contributed by atoms with Crippen molar-refractivity contribution in [2.75, 3.05) is 0 Å². The number of hydrogen-bond acceptors (Lipinski definition) is 3. The van der Waals surface area contributed by atoms with Gasteiger partial charge in [0.15, 0.2) is 0 Å². The van der Waals surface area contributed by atoms with Crippen molar-refractivity contribution in [1.82, 2.24) is 10.6 Å². The average Bonchev–Trinajstić information content (AvgIpc) is 2.30. The van der Waals surface area contributed by atoms with Crippen LogP contribution in [0, 0.1) is 0 Å². The van der Waals surface area contributed by atoms with Crippen LogP contribution in [0.15, 0.2) is 12.2 Å². The molecule has 1 heterocycles. The van der Waals surface area contributed by atoms with E-state index in [-0.39, 0.29) is 5.54 Å². The van der Waals surface area contributed by atoms with Gasteiger partial charge in [0.2, 0.25) is 0 Å². The van der Waals surface area contributed by atoms with Crippen LogP contribution in [0.4, 0.5) is 0 Å². The summed E-state index contributed by atoms with van der Waals surface area (Å²) in [6.07, 6.45) is 7.51. The van der Waals surface area contributed by atoms with Gasteiger partial charge in [-0.1, -0.05) is 12.2 Å². The fourth-order valence-corrected chi connectivity index (χ4v) is 2.29. The first-order valence-corrected chi connectivity index (χ1v) is 5.48. The molecule has 0 spiro atoms. The summed E-state index contributed by atoms with van der Waals surface area (Å²) < 4.78 is 0. The Balaban J connectivity index is 2.12. The molecule has 80 valence electrons. The highest BCUT2D eigenvalue weighted by molar-refractivity contribution is 5.09. The molecule has 3 heteroatoms. The van der Waals surface area contributed by atoms with Crippen LogP contribution in [0.25, 0.3) is 0 Å². The molecule has 1 saturated heterocycles. The van der Waals surface area contributed by atoms with E-state index in [1.54, 1.807) is 0 Å². The van der Waals surface area contributed by atoms with E-state index < -0.39 is 6.23 Å². The summed E-state index contributed by atoms with van der Waals surface area (Å²) in [5.41, 5.74) is -0.223. The van der Waals surface area contributed by atoms with Crippen LogP contribution >= 0.6 is 0 Å². The summed E-state index contributed by atoms with van der Waals surface area (Å²) in [6.45, 7) is 4.07. The van der Waals surface area contributed by atoms with Gasteiger partial charge in [0, 0.05) is 12.1 Å². The maximum Gasteiger partial charge on any atom is 0.123 e. The second-order valence-corrected chi connectivity index (χ2v) is 4.93. The first-order valence-electron chi connectivity index (χ1n) is 5.48. The highest BCUT2D eigenvalue weighted by atomic mass is 16.3. The summed E-state index contributed by atoms with van der Waals surface area (Å²) in [5, 5.41) is 16.6. The molecule has 3 atom stereocenters. The minimum Gasteiger partial charge on any atom is -0.377 e. The number of fused-ring (bicyclic) bond motifs is 1. The van der Waals surface area contributed by atoms with Gasteiger partial charge in [0.25, 0.3) is 0 Å². The first-order chi connectivity index (χ1) is 6.59. The fourth-order valence-electron chi connectivity index (χ4n) is 2.29. The van der Waals surface area contributed by atoms with Gasteiger partial charge in [0.1, 0.15) is 6.23 Å². The lowest BCUT2D eigenvalue weighted by Gasteiger charge is -2.45. The Morgan fingerprint density at radius 3 is 3.00 bits per heavy atom. The van der Waals surface area contributed by atoms with Crippen LogP contribution in [0.3, 0.4) is 0 Å². The Morgan fingerprint density at radius 1 is 1.43 bits per heavy atom. The Bertz CT molecular complexity index is 237. The lowest BCUT2D eigenvalue weighted by Crippen LogP contribution is -2.70. The first kappa shape index (κ1) is 10.1. The maximum absolute atomic E-state index is 9.86. The standard InChI is InChI=1S/C11H20N2O/c1-11(2)10(14)12-8-6-4-3-5-7-9(8)13-11/h4,6,8-10,12-14H,3,5,7H2,1-2H3. The van der Waals surface area contributed by atoms with Crippen molar-refractivity contribution in [3.05, 3.63) is 12.2 Å². The van der Waals surface area contributed by atoms with Gasteiger partial charge < -0.3 is 10.4 Å². The number of aliphatic hydroxyl groups excluding tert-OH is 1. The molecule has 14 heavy (non-hydrogen) atoms. The molecule has 0 aromatic carbocycles. The van der Waals surface area contributed by atoms with Crippen molar-refractivity contribution in [2.24, 2.45) is 0 Å². The zero-order valence-electron chi connectivity index (χ0n) is 8.96. The SMILES string of the molecule is CC1(C)NC2CCCC=CC2NC1O. The average molecular weight is 196 g/mol. The predicted molar refractivity (Wildman–Crippen MR) is 56.9 cm³/mol.